The predicted octanol–water partition coefficient (Wildman–Crippen LogP) is -0.331. The van der Waals surface area contributed by atoms with E-state index in [1.165, 1.54) is 12.1 Å². The van der Waals surface area contributed by atoms with Crippen LogP contribution in [-0.4, -0.2) is 93.3 Å². The first kappa shape index (κ1) is 28.0. The molecule has 3 rings (SSSR count). The van der Waals surface area contributed by atoms with Gasteiger partial charge in [0.25, 0.3) is 5.91 Å². The molecule has 37 heavy (non-hydrogen) atoms. The number of carboxylic acid groups (broad SMARTS) is 1. The lowest BCUT2D eigenvalue weighted by Gasteiger charge is -2.39. The highest BCUT2D eigenvalue weighted by molar-refractivity contribution is 5.98. The van der Waals surface area contributed by atoms with Crippen LogP contribution in [-0.2, 0) is 19.1 Å². The Kier molecular flexibility index (Phi) is 9.55. The first-order chi connectivity index (χ1) is 17.7. The maximum absolute atomic E-state index is 12.8. The summed E-state index contributed by atoms with van der Waals surface area (Å²) in [7, 11) is 0. The number of aliphatic hydroxyl groups excluding tert-OH is 4. The highest BCUT2D eigenvalue weighted by atomic mass is 16.7. The second-order valence-electron chi connectivity index (χ2n) is 8.27. The fourth-order valence-corrected chi connectivity index (χ4v) is 3.78. The molecule has 1 heterocycles. The number of nitrogens with one attached hydrogen (secondary N) is 1. The summed E-state index contributed by atoms with van der Waals surface area (Å²) in [5, 5.41) is 51.2. The zero-order valence-electron chi connectivity index (χ0n) is 19.9. The van der Waals surface area contributed by atoms with E-state index in [2.05, 4.69) is 5.32 Å². The summed E-state index contributed by atoms with van der Waals surface area (Å²) in [4.78, 5) is 36.1. The molecule has 0 radical (unpaired) electrons. The first-order valence-electron chi connectivity index (χ1n) is 11.5. The van der Waals surface area contributed by atoms with E-state index < -0.39 is 67.6 Å². The maximum Gasteiger partial charge on any atom is 0.329 e. The van der Waals surface area contributed by atoms with Crippen LogP contribution in [0.1, 0.15) is 23.7 Å². The molecule has 1 aliphatic rings. The number of para-hydroxylation sites is 1. The highest BCUT2D eigenvalue weighted by Crippen LogP contribution is 2.33. The second kappa shape index (κ2) is 12.6. The zero-order valence-corrected chi connectivity index (χ0v) is 19.9. The Balaban J connectivity index is 1.84. The number of carboxylic acids is 1. The van der Waals surface area contributed by atoms with Crippen LogP contribution in [0.5, 0.6) is 5.75 Å². The third kappa shape index (κ3) is 6.81. The molecule has 2 aromatic carbocycles. The fraction of sp³-hybridized carbons (Fsp3) is 0.400. The van der Waals surface area contributed by atoms with Crippen LogP contribution in [0.2, 0.25) is 0 Å². The Morgan fingerprint density at radius 2 is 1.76 bits per heavy atom. The molecule has 0 aliphatic carbocycles. The Bertz CT molecular complexity index is 1110. The average molecular weight is 520 g/mol. The van der Waals surface area contributed by atoms with Gasteiger partial charge in [0.05, 0.1) is 19.6 Å². The SMILES string of the molecule is CCOC(=O)[C@H](CC(=O)O)NC(=O)c1cccc(-c2ccccc2O[C@H]2O[C@H](CO)[C@@H](O)[C@H](O)[C@@H]2O)c1. The summed E-state index contributed by atoms with van der Waals surface area (Å²) in [5.74, 6) is -2.65. The summed E-state index contributed by atoms with van der Waals surface area (Å²) in [6.07, 6.45) is -7.99. The van der Waals surface area contributed by atoms with Crippen molar-refractivity contribution >= 4 is 17.8 Å². The average Bonchev–Trinajstić information content (AvgIpc) is 2.88. The molecule has 0 saturated carbocycles. The monoisotopic (exact) mass is 519 g/mol. The largest absolute Gasteiger partial charge is 0.481 e. The Labute approximate surface area is 212 Å². The van der Waals surface area contributed by atoms with Gasteiger partial charge in [-0.3, -0.25) is 9.59 Å². The van der Waals surface area contributed by atoms with Crippen LogP contribution >= 0.6 is 0 Å². The van der Waals surface area contributed by atoms with E-state index >= 15 is 0 Å². The van der Waals surface area contributed by atoms with Crippen molar-refractivity contribution in [3.05, 3.63) is 54.1 Å². The number of aliphatic carboxylic acids is 1. The molecule has 6 N–H and O–H groups in total. The third-order valence-corrected chi connectivity index (χ3v) is 5.67. The van der Waals surface area contributed by atoms with Gasteiger partial charge < -0.3 is 45.1 Å². The van der Waals surface area contributed by atoms with E-state index in [0.29, 0.717) is 11.1 Å². The van der Waals surface area contributed by atoms with Crippen molar-refractivity contribution in [3.8, 4) is 16.9 Å². The molecule has 0 spiro atoms. The number of benzene rings is 2. The van der Waals surface area contributed by atoms with Crippen LogP contribution in [0.4, 0.5) is 0 Å². The molecular weight excluding hydrogens is 490 g/mol. The number of carbonyl (C=O) groups excluding carboxylic acids is 2. The van der Waals surface area contributed by atoms with Crippen LogP contribution in [0.25, 0.3) is 11.1 Å². The molecular formula is C25H29NO11. The van der Waals surface area contributed by atoms with E-state index in [4.69, 9.17) is 19.3 Å². The van der Waals surface area contributed by atoms with E-state index in [9.17, 15) is 34.8 Å². The number of rotatable bonds is 10. The van der Waals surface area contributed by atoms with Gasteiger partial charge in [0, 0.05) is 11.1 Å². The van der Waals surface area contributed by atoms with Gasteiger partial charge in [0.1, 0.15) is 36.2 Å². The van der Waals surface area contributed by atoms with Crippen molar-refractivity contribution in [2.24, 2.45) is 0 Å². The van der Waals surface area contributed by atoms with Crippen molar-refractivity contribution in [1.29, 1.82) is 0 Å². The summed E-state index contributed by atoms with van der Waals surface area (Å²) < 4.78 is 16.1. The van der Waals surface area contributed by atoms with Crippen molar-refractivity contribution in [2.75, 3.05) is 13.2 Å². The number of hydrogen-bond donors (Lipinski definition) is 6. The lowest BCUT2D eigenvalue weighted by Crippen LogP contribution is -2.60. The van der Waals surface area contributed by atoms with E-state index in [1.807, 2.05) is 0 Å². The number of carbonyl (C=O) groups is 3. The topological polar surface area (TPSA) is 192 Å². The van der Waals surface area contributed by atoms with Crippen molar-refractivity contribution in [3.63, 3.8) is 0 Å². The molecule has 1 fully saturated rings. The molecule has 0 aromatic heterocycles. The van der Waals surface area contributed by atoms with Crippen molar-refractivity contribution in [2.45, 2.75) is 50.1 Å². The minimum Gasteiger partial charge on any atom is -0.481 e. The first-order valence-corrected chi connectivity index (χ1v) is 11.5. The molecule has 6 atom stereocenters. The number of amides is 1. The normalized spacial score (nSPS) is 24.1. The molecule has 0 bridgehead atoms. The molecule has 0 unspecified atom stereocenters. The summed E-state index contributed by atoms with van der Waals surface area (Å²) in [6, 6.07) is 11.4. The molecule has 1 saturated heterocycles. The van der Waals surface area contributed by atoms with Gasteiger partial charge in [-0.2, -0.15) is 0 Å². The van der Waals surface area contributed by atoms with Crippen LogP contribution in [0.3, 0.4) is 0 Å². The highest BCUT2D eigenvalue weighted by Gasteiger charge is 2.44. The van der Waals surface area contributed by atoms with Crippen LogP contribution in [0, 0.1) is 0 Å². The molecule has 12 nitrogen and oxygen atoms in total. The van der Waals surface area contributed by atoms with E-state index in [0.717, 1.165) is 0 Å². The molecule has 2 aromatic rings. The standard InChI is InChI=1S/C25H29NO11/c1-2-35-24(34)16(11-19(28)29)26-23(33)14-7-5-6-13(10-14)15-8-3-4-9-17(15)36-25-22(32)21(31)20(30)18(12-27)37-25/h3-10,16,18,20-22,25,27,30-32H,2,11-12H2,1H3,(H,26,33)(H,28,29)/t16-,18+,20+,21-,22-,25-/m0/s1. The van der Waals surface area contributed by atoms with E-state index in [1.54, 1.807) is 43.3 Å². The van der Waals surface area contributed by atoms with Gasteiger partial charge in [0.15, 0.2) is 0 Å². The van der Waals surface area contributed by atoms with E-state index in [-0.39, 0.29) is 17.9 Å². The zero-order chi connectivity index (χ0) is 27.1. The van der Waals surface area contributed by atoms with Crippen LogP contribution < -0.4 is 10.1 Å². The van der Waals surface area contributed by atoms with Gasteiger partial charge in [-0.15, -0.1) is 0 Å². The fourth-order valence-electron chi connectivity index (χ4n) is 3.78. The number of hydrogen-bond acceptors (Lipinski definition) is 10. The van der Waals surface area contributed by atoms with Gasteiger partial charge in [-0.25, -0.2) is 4.79 Å². The van der Waals surface area contributed by atoms with Gasteiger partial charge in [-0.1, -0.05) is 30.3 Å². The molecule has 1 aliphatic heterocycles. The van der Waals surface area contributed by atoms with Gasteiger partial charge >= 0.3 is 11.9 Å². The molecule has 200 valence electrons. The van der Waals surface area contributed by atoms with Crippen molar-refractivity contribution < 1.29 is 54.1 Å². The Hall–Kier alpha value is -3.55. The van der Waals surface area contributed by atoms with Gasteiger partial charge in [0.2, 0.25) is 6.29 Å². The maximum atomic E-state index is 12.8. The molecule has 1 amide bonds. The smallest absolute Gasteiger partial charge is 0.329 e. The van der Waals surface area contributed by atoms with Gasteiger partial charge in [-0.05, 0) is 30.7 Å². The minimum absolute atomic E-state index is 0.0194. The second-order valence-corrected chi connectivity index (χ2v) is 8.27. The number of esters is 1. The lowest BCUT2D eigenvalue weighted by atomic mass is 9.99. The number of aliphatic hydroxyl groups is 4. The summed E-state index contributed by atoms with van der Waals surface area (Å²) in [5.41, 5.74) is 1.10. The Morgan fingerprint density at radius 1 is 1.03 bits per heavy atom. The summed E-state index contributed by atoms with van der Waals surface area (Å²) >= 11 is 0. The molecule has 12 heteroatoms. The summed E-state index contributed by atoms with van der Waals surface area (Å²) in [6.45, 7) is 0.967. The Morgan fingerprint density at radius 3 is 2.43 bits per heavy atom. The predicted molar refractivity (Wildman–Crippen MR) is 126 cm³/mol. The minimum atomic E-state index is -1.62. The van der Waals surface area contributed by atoms with Crippen LogP contribution in [0.15, 0.2) is 48.5 Å². The number of ether oxygens (including phenoxy) is 3. The van der Waals surface area contributed by atoms with Crippen molar-refractivity contribution in [1.82, 2.24) is 5.32 Å². The third-order valence-electron chi connectivity index (χ3n) is 5.67. The quantitative estimate of drug-likeness (QED) is 0.225. The lowest BCUT2D eigenvalue weighted by molar-refractivity contribution is -0.277.